The van der Waals surface area contributed by atoms with Crippen LogP contribution in [0.1, 0.15) is 33.1 Å². The molecule has 3 nitrogen and oxygen atoms in total. The number of ether oxygens (including phenoxy) is 2. The second kappa shape index (κ2) is 6.38. The summed E-state index contributed by atoms with van der Waals surface area (Å²) in [6, 6.07) is 0.550. The summed E-state index contributed by atoms with van der Waals surface area (Å²) < 4.78 is 11.2. The highest BCUT2D eigenvalue weighted by Gasteiger charge is 2.26. The van der Waals surface area contributed by atoms with Gasteiger partial charge in [-0.05, 0) is 40.2 Å². The Morgan fingerprint density at radius 2 is 2.07 bits per heavy atom. The largest absolute Gasteiger partial charge is 0.376 e. The SMILES string of the molecule is CNC1CCCC1OCCOC(C)C. The summed E-state index contributed by atoms with van der Waals surface area (Å²) in [5.41, 5.74) is 0. The maximum absolute atomic E-state index is 5.77. The number of nitrogens with one attached hydrogen (secondary N) is 1. The Morgan fingerprint density at radius 3 is 2.71 bits per heavy atom. The number of hydrogen-bond donors (Lipinski definition) is 1. The van der Waals surface area contributed by atoms with Gasteiger partial charge in [0.05, 0.1) is 25.4 Å². The summed E-state index contributed by atoms with van der Waals surface area (Å²) in [6.45, 7) is 5.53. The molecule has 0 amide bonds. The fourth-order valence-corrected chi connectivity index (χ4v) is 1.94. The highest BCUT2D eigenvalue weighted by atomic mass is 16.5. The molecular weight excluding hydrogens is 178 g/mol. The Morgan fingerprint density at radius 1 is 1.29 bits per heavy atom. The molecule has 0 bridgehead atoms. The summed E-state index contributed by atoms with van der Waals surface area (Å²) in [5, 5.41) is 3.30. The first-order chi connectivity index (χ1) is 6.74. The van der Waals surface area contributed by atoms with E-state index in [1.165, 1.54) is 19.3 Å². The van der Waals surface area contributed by atoms with Gasteiger partial charge in [0.1, 0.15) is 0 Å². The molecule has 0 aromatic heterocycles. The summed E-state index contributed by atoms with van der Waals surface area (Å²) in [7, 11) is 2.01. The van der Waals surface area contributed by atoms with Gasteiger partial charge in [0.15, 0.2) is 0 Å². The minimum absolute atomic E-state index is 0.308. The van der Waals surface area contributed by atoms with Gasteiger partial charge in [0.25, 0.3) is 0 Å². The highest BCUT2D eigenvalue weighted by molar-refractivity contribution is 4.82. The summed E-state index contributed by atoms with van der Waals surface area (Å²) >= 11 is 0. The Balaban J connectivity index is 2.05. The first-order valence-corrected chi connectivity index (χ1v) is 5.64. The topological polar surface area (TPSA) is 30.5 Å². The van der Waals surface area contributed by atoms with Gasteiger partial charge in [-0.3, -0.25) is 0 Å². The molecule has 0 spiro atoms. The Labute approximate surface area is 87.2 Å². The fraction of sp³-hybridized carbons (Fsp3) is 1.00. The molecule has 84 valence electrons. The molecule has 1 saturated carbocycles. The molecule has 1 aliphatic rings. The lowest BCUT2D eigenvalue weighted by molar-refractivity contribution is -0.0174. The van der Waals surface area contributed by atoms with Gasteiger partial charge < -0.3 is 14.8 Å². The van der Waals surface area contributed by atoms with Crippen molar-refractivity contribution in [1.82, 2.24) is 5.32 Å². The van der Waals surface area contributed by atoms with E-state index in [-0.39, 0.29) is 0 Å². The molecule has 3 heteroatoms. The maximum atomic E-state index is 5.77. The van der Waals surface area contributed by atoms with Crippen molar-refractivity contribution in [3.8, 4) is 0 Å². The van der Waals surface area contributed by atoms with Crippen LogP contribution in [-0.4, -0.2) is 38.5 Å². The van der Waals surface area contributed by atoms with Crippen LogP contribution in [0.3, 0.4) is 0 Å². The van der Waals surface area contributed by atoms with Crippen LogP contribution in [0.15, 0.2) is 0 Å². The van der Waals surface area contributed by atoms with Crippen LogP contribution in [0.25, 0.3) is 0 Å². The maximum Gasteiger partial charge on any atom is 0.0729 e. The molecular formula is C11H23NO2. The van der Waals surface area contributed by atoms with Gasteiger partial charge in [-0.15, -0.1) is 0 Å². The zero-order valence-electron chi connectivity index (χ0n) is 9.58. The van der Waals surface area contributed by atoms with Crippen LogP contribution < -0.4 is 5.32 Å². The van der Waals surface area contributed by atoms with Crippen LogP contribution in [0.5, 0.6) is 0 Å². The molecule has 1 aliphatic carbocycles. The normalized spacial score (nSPS) is 27.4. The van der Waals surface area contributed by atoms with E-state index in [1.807, 2.05) is 20.9 Å². The number of rotatable bonds is 6. The number of likely N-dealkylation sites (N-methyl/N-ethyl adjacent to an activating group) is 1. The Bertz CT molecular complexity index is 150. The zero-order chi connectivity index (χ0) is 10.4. The second-order valence-corrected chi connectivity index (χ2v) is 4.15. The third-order valence-electron chi connectivity index (χ3n) is 2.69. The van der Waals surface area contributed by atoms with Crippen molar-refractivity contribution in [1.29, 1.82) is 0 Å². The molecule has 0 aromatic rings. The molecule has 0 aliphatic heterocycles. The van der Waals surface area contributed by atoms with E-state index in [4.69, 9.17) is 9.47 Å². The average molecular weight is 201 g/mol. The lowest BCUT2D eigenvalue weighted by Crippen LogP contribution is -2.35. The Kier molecular flexibility index (Phi) is 5.45. The second-order valence-electron chi connectivity index (χ2n) is 4.15. The molecule has 0 heterocycles. The van der Waals surface area contributed by atoms with Crippen LogP contribution in [0.4, 0.5) is 0 Å². The van der Waals surface area contributed by atoms with E-state index in [1.54, 1.807) is 0 Å². The predicted molar refractivity (Wildman–Crippen MR) is 57.5 cm³/mol. The molecule has 0 saturated heterocycles. The first-order valence-electron chi connectivity index (χ1n) is 5.64. The molecule has 14 heavy (non-hydrogen) atoms. The van der Waals surface area contributed by atoms with E-state index in [2.05, 4.69) is 5.32 Å². The monoisotopic (exact) mass is 201 g/mol. The van der Waals surface area contributed by atoms with Crippen LogP contribution >= 0.6 is 0 Å². The van der Waals surface area contributed by atoms with Gasteiger partial charge in [-0.1, -0.05) is 0 Å². The summed E-state index contributed by atoms with van der Waals surface area (Å²) in [6.07, 6.45) is 4.42. The highest BCUT2D eigenvalue weighted by Crippen LogP contribution is 2.21. The zero-order valence-corrected chi connectivity index (χ0v) is 9.58. The van der Waals surface area contributed by atoms with Crippen molar-refractivity contribution in [3.63, 3.8) is 0 Å². The minimum atomic E-state index is 0.308. The molecule has 1 fully saturated rings. The lowest BCUT2D eigenvalue weighted by atomic mass is 10.2. The van der Waals surface area contributed by atoms with E-state index in [0.717, 1.165) is 6.61 Å². The average Bonchev–Trinajstić information content (AvgIpc) is 2.59. The molecule has 1 rings (SSSR count). The van der Waals surface area contributed by atoms with Crippen molar-refractivity contribution in [2.75, 3.05) is 20.3 Å². The van der Waals surface area contributed by atoms with Gasteiger partial charge >= 0.3 is 0 Å². The third-order valence-corrected chi connectivity index (χ3v) is 2.69. The van der Waals surface area contributed by atoms with Gasteiger partial charge in [0, 0.05) is 6.04 Å². The van der Waals surface area contributed by atoms with Crippen LogP contribution in [0.2, 0.25) is 0 Å². The van der Waals surface area contributed by atoms with Gasteiger partial charge in [-0.2, -0.15) is 0 Å². The Hall–Kier alpha value is -0.120. The number of hydrogen-bond acceptors (Lipinski definition) is 3. The van der Waals surface area contributed by atoms with Crippen molar-refractivity contribution >= 4 is 0 Å². The standard InChI is InChI=1S/C11H23NO2/c1-9(2)13-7-8-14-11-6-4-5-10(11)12-3/h9-12H,4-8H2,1-3H3. The fourth-order valence-electron chi connectivity index (χ4n) is 1.94. The molecule has 1 N–H and O–H groups in total. The van der Waals surface area contributed by atoms with Crippen molar-refractivity contribution < 1.29 is 9.47 Å². The first kappa shape index (κ1) is 12.0. The van der Waals surface area contributed by atoms with E-state index in [9.17, 15) is 0 Å². The molecule has 0 aromatic carbocycles. The third kappa shape index (κ3) is 3.95. The van der Waals surface area contributed by atoms with E-state index >= 15 is 0 Å². The van der Waals surface area contributed by atoms with Crippen molar-refractivity contribution in [2.24, 2.45) is 0 Å². The van der Waals surface area contributed by atoms with Crippen LogP contribution in [0, 0.1) is 0 Å². The minimum Gasteiger partial charge on any atom is -0.376 e. The van der Waals surface area contributed by atoms with Crippen molar-refractivity contribution in [3.05, 3.63) is 0 Å². The van der Waals surface area contributed by atoms with E-state index in [0.29, 0.717) is 24.9 Å². The van der Waals surface area contributed by atoms with Gasteiger partial charge in [0.2, 0.25) is 0 Å². The lowest BCUT2D eigenvalue weighted by Gasteiger charge is -2.19. The molecule has 2 unspecified atom stereocenters. The summed E-state index contributed by atoms with van der Waals surface area (Å²) in [4.78, 5) is 0. The summed E-state index contributed by atoms with van der Waals surface area (Å²) in [5.74, 6) is 0. The molecule has 0 radical (unpaired) electrons. The quantitative estimate of drug-likeness (QED) is 0.662. The van der Waals surface area contributed by atoms with Crippen LogP contribution in [-0.2, 0) is 9.47 Å². The van der Waals surface area contributed by atoms with Crippen molar-refractivity contribution in [2.45, 2.75) is 51.4 Å². The predicted octanol–water partition coefficient (Wildman–Crippen LogP) is 1.57. The van der Waals surface area contributed by atoms with Gasteiger partial charge in [-0.25, -0.2) is 0 Å². The van der Waals surface area contributed by atoms with E-state index < -0.39 is 0 Å². The molecule has 2 atom stereocenters. The smallest absolute Gasteiger partial charge is 0.0729 e.